The number of amides is 1. The summed E-state index contributed by atoms with van der Waals surface area (Å²) in [6, 6.07) is 1.91. The largest absolute Gasteiger partial charge is 0.374 e. The fourth-order valence-corrected chi connectivity index (χ4v) is 3.13. The van der Waals surface area contributed by atoms with E-state index in [0.29, 0.717) is 24.8 Å². The molecule has 0 aliphatic carbocycles. The Morgan fingerprint density at radius 2 is 2.20 bits per heavy atom. The Kier molecular flexibility index (Phi) is 5.29. The molecule has 0 saturated carbocycles. The lowest BCUT2D eigenvalue weighted by Crippen LogP contribution is -2.48. The molecule has 2 aromatic heterocycles. The molecule has 1 atom stereocenters. The number of aromatic nitrogens is 4. The highest BCUT2D eigenvalue weighted by Gasteiger charge is 2.22. The number of hydrogen-bond donors (Lipinski definition) is 1. The van der Waals surface area contributed by atoms with Crippen molar-refractivity contribution in [2.45, 2.75) is 33.8 Å². The van der Waals surface area contributed by atoms with Crippen LogP contribution >= 0.6 is 0 Å². The van der Waals surface area contributed by atoms with Crippen LogP contribution in [0.1, 0.15) is 35.9 Å². The number of hydrogen-bond acceptors (Lipinski definition) is 6. The van der Waals surface area contributed by atoms with Crippen molar-refractivity contribution in [3.8, 4) is 0 Å². The van der Waals surface area contributed by atoms with E-state index in [2.05, 4.69) is 39.1 Å². The van der Waals surface area contributed by atoms with E-state index < -0.39 is 0 Å². The second-order valence-corrected chi connectivity index (χ2v) is 7.04. The molecule has 136 valence electrons. The zero-order valence-corrected chi connectivity index (χ0v) is 15.3. The maximum Gasteiger partial charge on any atom is 0.291 e. The molecule has 1 saturated heterocycles. The summed E-state index contributed by atoms with van der Waals surface area (Å²) in [4.78, 5) is 23.3. The lowest BCUT2D eigenvalue weighted by atomic mass is 10.2. The molecule has 8 heteroatoms. The molecule has 1 N–H and O–H groups in total. The van der Waals surface area contributed by atoms with Crippen molar-refractivity contribution in [2.75, 3.05) is 32.8 Å². The lowest BCUT2D eigenvalue weighted by molar-refractivity contribution is -0.0296. The zero-order valence-electron chi connectivity index (χ0n) is 15.3. The van der Waals surface area contributed by atoms with Crippen molar-refractivity contribution in [2.24, 2.45) is 5.92 Å². The highest BCUT2D eigenvalue weighted by Crippen LogP contribution is 2.08. The van der Waals surface area contributed by atoms with E-state index in [-0.39, 0.29) is 17.8 Å². The van der Waals surface area contributed by atoms with Crippen LogP contribution in [0.15, 0.2) is 6.07 Å². The second-order valence-electron chi connectivity index (χ2n) is 7.04. The van der Waals surface area contributed by atoms with Gasteiger partial charge in [-0.05, 0) is 25.8 Å². The van der Waals surface area contributed by atoms with Crippen LogP contribution in [0.4, 0.5) is 0 Å². The highest BCUT2D eigenvalue weighted by atomic mass is 16.5. The van der Waals surface area contributed by atoms with Gasteiger partial charge >= 0.3 is 0 Å². The standard InChI is InChI=1S/C17H26N6O2/c1-11(2)9-22-5-6-25-14(10-22)8-18-16(24)15-20-17-19-12(3)7-13(4)23(17)21-15/h7,11,14H,5-6,8-10H2,1-4H3,(H,18,24). The maximum atomic E-state index is 12.4. The van der Waals surface area contributed by atoms with E-state index in [1.54, 1.807) is 4.52 Å². The van der Waals surface area contributed by atoms with Gasteiger partial charge in [-0.15, -0.1) is 5.10 Å². The van der Waals surface area contributed by atoms with Crippen LogP contribution < -0.4 is 5.32 Å². The third-order valence-electron chi connectivity index (χ3n) is 4.16. The van der Waals surface area contributed by atoms with Gasteiger partial charge in [0.05, 0.1) is 12.7 Å². The summed E-state index contributed by atoms with van der Waals surface area (Å²) in [5.74, 6) is 0.901. The molecule has 1 aliphatic heterocycles. The minimum atomic E-state index is -0.299. The summed E-state index contributed by atoms with van der Waals surface area (Å²) >= 11 is 0. The molecule has 1 aliphatic rings. The predicted octanol–water partition coefficient (Wildman–Crippen LogP) is 0.828. The van der Waals surface area contributed by atoms with Gasteiger partial charge in [0.2, 0.25) is 5.82 Å². The Morgan fingerprint density at radius 3 is 2.96 bits per heavy atom. The van der Waals surface area contributed by atoms with Gasteiger partial charge in [-0.25, -0.2) is 9.50 Å². The van der Waals surface area contributed by atoms with Crippen molar-refractivity contribution >= 4 is 11.7 Å². The van der Waals surface area contributed by atoms with Crippen LogP contribution in [0.25, 0.3) is 5.78 Å². The van der Waals surface area contributed by atoms with E-state index in [1.807, 2.05) is 19.9 Å². The normalized spacial score (nSPS) is 18.8. The molecule has 3 rings (SSSR count). The van der Waals surface area contributed by atoms with Crippen LogP contribution in [-0.2, 0) is 4.74 Å². The summed E-state index contributed by atoms with van der Waals surface area (Å²) in [6.07, 6.45) is -0.00409. The van der Waals surface area contributed by atoms with Gasteiger partial charge in [0, 0.05) is 37.6 Å². The number of rotatable bonds is 5. The molecule has 0 aromatic carbocycles. The highest BCUT2D eigenvalue weighted by molar-refractivity contribution is 5.90. The number of ether oxygens (including phenoxy) is 1. The first kappa shape index (κ1) is 17.8. The monoisotopic (exact) mass is 346 g/mol. The van der Waals surface area contributed by atoms with E-state index in [9.17, 15) is 4.79 Å². The topological polar surface area (TPSA) is 84.7 Å². The third-order valence-corrected chi connectivity index (χ3v) is 4.16. The number of morpholine rings is 1. The van der Waals surface area contributed by atoms with Crippen LogP contribution in [0.5, 0.6) is 0 Å². The molecule has 0 bridgehead atoms. The molecule has 1 amide bonds. The lowest BCUT2D eigenvalue weighted by Gasteiger charge is -2.33. The Labute approximate surface area is 147 Å². The van der Waals surface area contributed by atoms with Gasteiger partial charge in [0.1, 0.15) is 0 Å². The van der Waals surface area contributed by atoms with Crippen molar-refractivity contribution in [1.29, 1.82) is 0 Å². The average Bonchev–Trinajstić information content (AvgIpc) is 2.96. The molecule has 1 fully saturated rings. The Balaban J connectivity index is 1.60. The Bertz CT molecular complexity index is 757. The Hall–Kier alpha value is -2.06. The first-order valence-corrected chi connectivity index (χ1v) is 8.75. The quantitative estimate of drug-likeness (QED) is 0.863. The van der Waals surface area contributed by atoms with Gasteiger partial charge in [0.25, 0.3) is 11.7 Å². The van der Waals surface area contributed by atoms with Gasteiger partial charge in [-0.1, -0.05) is 13.8 Å². The van der Waals surface area contributed by atoms with Gasteiger partial charge < -0.3 is 10.1 Å². The molecular weight excluding hydrogens is 320 g/mol. The van der Waals surface area contributed by atoms with Crippen LogP contribution in [0.2, 0.25) is 0 Å². The summed E-state index contributed by atoms with van der Waals surface area (Å²) in [5.41, 5.74) is 1.75. The number of nitrogens with zero attached hydrogens (tertiary/aromatic N) is 5. The van der Waals surface area contributed by atoms with Crippen LogP contribution in [0, 0.1) is 19.8 Å². The second kappa shape index (κ2) is 7.45. The van der Waals surface area contributed by atoms with Gasteiger partial charge in [-0.2, -0.15) is 4.98 Å². The van der Waals surface area contributed by atoms with Crippen LogP contribution in [-0.4, -0.2) is 69.3 Å². The molecular formula is C17H26N6O2. The summed E-state index contributed by atoms with van der Waals surface area (Å²) in [7, 11) is 0. The minimum absolute atomic E-state index is 0.00409. The number of carbonyl (C=O) groups excluding carboxylic acids is 1. The fourth-order valence-electron chi connectivity index (χ4n) is 3.13. The van der Waals surface area contributed by atoms with E-state index in [1.165, 1.54) is 0 Å². The number of carbonyl (C=O) groups is 1. The van der Waals surface area contributed by atoms with Crippen LogP contribution in [0.3, 0.4) is 0 Å². The predicted molar refractivity (Wildman–Crippen MR) is 93.6 cm³/mol. The third kappa shape index (κ3) is 4.32. The molecule has 25 heavy (non-hydrogen) atoms. The fraction of sp³-hybridized carbons (Fsp3) is 0.647. The SMILES string of the molecule is Cc1cc(C)n2nc(C(=O)NCC3CN(CC(C)C)CCO3)nc2n1. The number of fused-ring (bicyclic) bond motifs is 1. The zero-order chi connectivity index (χ0) is 18.0. The first-order valence-electron chi connectivity index (χ1n) is 8.75. The van der Waals surface area contributed by atoms with E-state index >= 15 is 0 Å². The number of aryl methyl sites for hydroxylation is 2. The molecule has 2 aromatic rings. The smallest absolute Gasteiger partial charge is 0.291 e. The van der Waals surface area contributed by atoms with Crippen molar-refractivity contribution < 1.29 is 9.53 Å². The Morgan fingerprint density at radius 1 is 1.40 bits per heavy atom. The molecule has 0 spiro atoms. The molecule has 3 heterocycles. The van der Waals surface area contributed by atoms with Crippen molar-refractivity contribution in [3.05, 3.63) is 23.3 Å². The van der Waals surface area contributed by atoms with Crippen molar-refractivity contribution in [3.63, 3.8) is 0 Å². The number of nitrogens with one attached hydrogen (secondary N) is 1. The molecule has 0 radical (unpaired) electrons. The first-order chi connectivity index (χ1) is 11.9. The summed E-state index contributed by atoms with van der Waals surface area (Å²) in [5, 5.41) is 7.13. The molecule has 8 nitrogen and oxygen atoms in total. The van der Waals surface area contributed by atoms with Gasteiger partial charge in [0.15, 0.2) is 0 Å². The van der Waals surface area contributed by atoms with E-state index in [4.69, 9.17) is 4.74 Å². The summed E-state index contributed by atoms with van der Waals surface area (Å²) in [6.45, 7) is 12.2. The summed E-state index contributed by atoms with van der Waals surface area (Å²) < 4.78 is 7.34. The van der Waals surface area contributed by atoms with Gasteiger partial charge in [-0.3, -0.25) is 9.69 Å². The van der Waals surface area contributed by atoms with E-state index in [0.717, 1.165) is 31.0 Å². The molecule has 1 unspecified atom stereocenters. The average molecular weight is 346 g/mol. The minimum Gasteiger partial charge on any atom is -0.374 e. The maximum absolute atomic E-state index is 12.4. The van der Waals surface area contributed by atoms with Crippen molar-refractivity contribution in [1.82, 2.24) is 29.8 Å².